The molecule has 0 bridgehead atoms. The van der Waals surface area contributed by atoms with Crippen LogP contribution in [0.15, 0.2) is 45.7 Å². The van der Waals surface area contributed by atoms with Crippen molar-refractivity contribution < 1.29 is 14.3 Å². The third kappa shape index (κ3) is 6.35. The molecule has 2 N–H and O–H groups in total. The summed E-state index contributed by atoms with van der Waals surface area (Å²) in [4.78, 5) is 33.2. The molecule has 0 aliphatic heterocycles. The lowest BCUT2D eigenvalue weighted by Crippen LogP contribution is -2.54. The molecule has 0 aliphatic carbocycles. The summed E-state index contributed by atoms with van der Waals surface area (Å²) in [5.41, 5.74) is -1.28. The van der Waals surface area contributed by atoms with E-state index >= 15 is 0 Å². The van der Waals surface area contributed by atoms with Crippen LogP contribution in [0.4, 0.5) is 5.82 Å². The SMILES string of the molecule is CC(C)(CNC(C)(C)C(=O)Nc1ncc(Br)nc1Br)OC(=O)c1ccccc1. The van der Waals surface area contributed by atoms with Gasteiger partial charge >= 0.3 is 5.97 Å². The molecule has 9 heteroatoms. The van der Waals surface area contributed by atoms with E-state index < -0.39 is 17.1 Å². The maximum Gasteiger partial charge on any atom is 0.338 e. The van der Waals surface area contributed by atoms with Gasteiger partial charge in [-0.25, -0.2) is 14.8 Å². The van der Waals surface area contributed by atoms with Crippen LogP contribution in [-0.4, -0.2) is 39.5 Å². The fraction of sp³-hybridized carbons (Fsp3) is 0.368. The van der Waals surface area contributed by atoms with Gasteiger partial charge in [0.1, 0.15) is 14.8 Å². The van der Waals surface area contributed by atoms with Crippen molar-refractivity contribution in [2.75, 3.05) is 11.9 Å². The van der Waals surface area contributed by atoms with Crippen LogP contribution in [0.1, 0.15) is 38.1 Å². The quantitative estimate of drug-likeness (QED) is 0.544. The highest BCUT2D eigenvalue weighted by atomic mass is 79.9. The summed E-state index contributed by atoms with van der Waals surface area (Å²) in [5.74, 6) is -0.392. The van der Waals surface area contributed by atoms with E-state index in [0.717, 1.165) is 0 Å². The molecule has 150 valence electrons. The highest BCUT2D eigenvalue weighted by molar-refractivity contribution is 9.11. The van der Waals surface area contributed by atoms with Crippen molar-refractivity contribution in [1.82, 2.24) is 15.3 Å². The summed E-state index contributed by atoms with van der Waals surface area (Å²) in [6, 6.07) is 8.77. The number of carbonyl (C=O) groups excluding carboxylic acids is 2. The first-order valence-corrected chi connectivity index (χ1v) is 10.1. The number of halogens is 2. The van der Waals surface area contributed by atoms with Gasteiger partial charge in [0, 0.05) is 6.54 Å². The van der Waals surface area contributed by atoms with E-state index in [2.05, 4.69) is 52.5 Å². The minimum Gasteiger partial charge on any atom is -0.455 e. The summed E-state index contributed by atoms with van der Waals surface area (Å²) in [7, 11) is 0. The van der Waals surface area contributed by atoms with Crippen LogP contribution >= 0.6 is 31.9 Å². The molecule has 1 amide bonds. The highest BCUT2D eigenvalue weighted by Crippen LogP contribution is 2.21. The number of nitrogens with zero attached hydrogens (tertiary/aromatic N) is 2. The second-order valence-corrected chi connectivity index (χ2v) is 8.84. The summed E-state index contributed by atoms with van der Waals surface area (Å²) >= 11 is 6.48. The van der Waals surface area contributed by atoms with E-state index in [9.17, 15) is 9.59 Å². The average Bonchev–Trinajstić information content (AvgIpc) is 2.63. The number of hydrogen-bond acceptors (Lipinski definition) is 6. The third-order valence-electron chi connectivity index (χ3n) is 3.83. The molecule has 0 spiro atoms. The van der Waals surface area contributed by atoms with Crippen LogP contribution in [0.5, 0.6) is 0 Å². The normalized spacial score (nSPS) is 11.8. The summed E-state index contributed by atoms with van der Waals surface area (Å²) in [5, 5.41) is 5.88. The zero-order valence-electron chi connectivity index (χ0n) is 16.0. The number of aromatic nitrogens is 2. The highest BCUT2D eigenvalue weighted by Gasteiger charge is 2.32. The molecule has 1 aromatic heterocycles. The van der Waals surface area contributed by atoms with Crippen molar-refractivity contribution in [1.29, 1.82) is 0 Å². The molecule has 0 radical (unpaired) electrons. The zero-order valence-corrected chi connectivity index (χ0v) is 19.2. The van der Waals surface area contributed by atoms with Crippen LogP contribution < -0.4 is 10.6 Å². The van der Waals surface area contributed by atoms with Gasteiger partial charge in [-0.2, -0.15) is 0 Å². The van der Waals surface area contributed by atoms with Crippen LogP contribution in [0.2, 0.25) is 0 Å². The predicted molar refractivity (Wildman–Crippen MR) is 114 cm³/mol. The minimum absolute atomic E-state index is 0.277. The summed E-state index contributed by atoms with van der Waals surface area (Å²) in [6.45, 7) is 7.31. The summed E-state index contributed by atoms with van der Waals surface area (Å²) < 4.78 is 6.55. The number of esters is 1. The predicted octanol–water partition coefficient (Wildman–Crippen LogP) is 3.94. The van der Waals surface area contributed by atoms with E-state index in [1.54, 1.807) is 52.0 Å². The maximum absolute atomic E-state index is 12.7. The largest absolute Gasteiger partial charge is 0.455 e. The van der Waals surface area contributed by atoms with Crippen LogP contribution in [-0.2, 0) is 9.53 Å². The number of ether oxygens (including phenoxy) is 1. The topological polar surface area (TPSA) is 93.2 Å². The van der Waals surface area contributed by atoms with Gasteiger partial charge in [-0.3, -0.25) is 10.1 Å². The smallest absolute Gasteiger partial charge is 0.338 e. The number of benzene rings is 1. The molecule has 1 heterocycles. The minimum atomic E-state index is -0.940. The van der Waals surface area contributed by atoms with E-state index in [4.69, 9.17) is 4.74 Å². The Kier molecular flexibility index (Phi) is 7.30. The number of nitrogens with one attached hydrogen (secondary N) is 2. The van der Waals surface area contributed by atoms with Crippen molar-refractivity contribution in [2.45, 2.75) is 38.8 Å². The van der Waals surface area contributed by atoms with Gasteiger partial charge in [-0.1, -0.05) is 18.2 Å². The zero-order chi connectivity index (χ0) is 20.9. The lowest BCUT2D eigenvalue weighted by Gasteiger charge is -2.31. The first-order chi connectivity index (χ1) is 13.0. The molecule has 0 saturated heterocycles. The lowest BCUT2D eigenvalue weighted by atomic mass is 10.0. The Hall–Kier alpha value is -1.84. The van der Waals surface area contributed by atoms with E-state index in [-0.39, 0.29) is 12.5 Å². The van der Waals surface area contributed by atoms with Crippen molar-refractivity contribution >= 4 is 49.6 Å². The van der Waals surface area contributed by atoms with Crippen molar-refractivity contribution in [2.24, 2.45) is 0 Å². The van der Waals surface area contributed by atoms with Crippen LogP contribution in [0, 0.1) is 0 Å². The summed E-state index contributed by atoms with van der Waals surface area (Å²) in [6.07, 6.45) is 1.49. The Bertz CT molecular complexity index is 858. The first kappa shape index (κ1) is 22.4. The second-order valence-electron chi connectivity index (χ2n) is 7.28. The Labute approximate surface area is 180 Å². The third-order valence-corrected chi connectivity index (χ3v) is 4.77. The van der Waals surface area contributed by atoms with Gasteiger partial charge in [0.2, 0.25) is 5.91 Å². The van der Waals surface area contributed by atoms with Crippen molar-refractivity contribution in [3.8, 4) is 0 Å². The molecular formula is C19H22Br2N4O3. The molecule has 0 atom stereocenters. The van der Waals surface area contributed by atoms with Crippen LogP contribution in [0.25, 0.3) is 0 Å². The molecule has 2 aromatic rings. The molecule has 28 heavy (non-hydrogen) atoms. The Morgan fingerprint density at radius 1 is 1.11 bits per heavy atom. The monoisotopic (exact) mass is 512 g/mol. The van der Waals surface area contributed by atoms with E-state index in [1.165, 1.54) is 6.20 Å². The molecule has 7 nitrogen and oxygen atoms in total. The second kappa shape index (κ2) is 9.11. The average molecular weight is 514 g/mol. The molecule has 0 fully saturated rings. The van der Waals surface area contributed by atoms with E-state index in [1.807, 2.05) is 6.07 Å². The molecule has 0 aliphatic rings. The first-order valence-electron chi connectivity index (χ1n) is 8.53. The van der Waals surface area contributed by atoms with Gasteiger partial charge in [-0.15, -0.1) is 0 Å². The standard InChI is InChI=1S/C19H22Br2N4O3/c1-18(2,28-16(26)12-8-6-5-7-9-12)11-23-19(3,4)17(27)25-15-14(21)24-13(20)10-22-15/h5-10,23H,11H2,1-4H3,(H,22,25,27). The Morgan fingerprint density at radius 2 is 1.75 bits per heavy atom. The van der Waals surface area contributed by atoms with Crippen LogP contribution in [0.3, 0.4) is 0 Å². The molecule has 1 aromatic carbocycles. The number of amides is 1. The van der Waals surface area contributed by atoms with Gasteiger partial charge in [0.25, 0.3) is 0 Å². The fourth-order valence-electron chi connectivity index (χ4n) is 2.13. The molecule has 0 unspecified atom stereocenters. The number of rotatable bonds is 7. The molecular weight excluding hydrogens is 492 g/mol. The number of hydrogen-bond donors (Lipinski definition) is 2. The Balaban J connectivity index is 1.96. The molecule has 2 rings (SSSR count). The fourth-order valence-corrected chi connectivity index (χ4v) is 3.04. The van der Waals surface area contributed by atoms with Gasteiger partial charge in [0.15, 0.2) is 5.82 Å². The van der Waals surface area contributed by atoms with E-state index in [0.29, 0.717) is 20.6 Å². The number of anilines is 1. The maximum atomic E-state index is 12.7. The molecule has 0 saturated carbocycles. The lowest BCUT2D eigenvalue weighted by molar-refractivity contribution is -0.121. The van der Waals surface area contributed by atoms with Gasteiger partial charge in [0.05, 0.1) is 17.3 Å². The number of carbonyl (C=O) groups is 2. The van der Waals surface area contributed by atoms with Gasteiger partial charge < -0.3 is 10.1 Å². The van der Waals surface area contributed by atoms with Gasteiger partial charge in [-0.05, 0) is 71.7 Å². The van der Waals surface area contributed by atoms with Crippen molar-refractivity contribution in [3.05, 3.63) is 51.3 Å². The Morgan fingerprint density at radius 3 is 2.36 bits per heavy atom. The van der Waals surface area contributed by atoms with Crippen molar-refractivity contribution in [3.63, 3.8) is 0 Å².